The molecule has 2 aromatic rings. The maximum Gasteiger partial charge on any atom is 0.213 e. The van der Waals surface area contributed by atoms with Gasteiger partial charge in [-0.2, -0.15) is 0 Å². The zero-order chi connectivity index (χ0) is 14.4. The first kappa shape index (κ1) is 14.5. The molecule has 1 heterocycles. The highest BCUT2D eigenvalue weighted by atomic mass is 35.5. The van der Waals surface area contributed by atoms with E-state index in [2.05, 4.69) is 4.98 Å². The second-order valence-electron chi connectivity index (χ2n) is 4.04. The normalized spacial score (nSPS) is 10.2. The average molecular weight is 294 g/mol. The van der Waals surface area contributed by atoms with Crippen molar-refractivity contribution >= 4 is 11.6 Å². The molecular formula is C15H16ClNO3. The van der Waals surface area contributed by atoms with Gasteiger partial charge in [0.1, 0.15) is 6.61 Å². The van der Waals surface area contributed by atoms with Gasteiger partial charge in [0.05, 0.1) is 25.8 Å². The second kappa shape index (κ2) is 7.01. The van der Waals surface area contributed by atoms with Crippen LogP contribution in [0.5, 0.6) is 17.4 Å². The minimum atomic E-state index is 0.321. The fourth-order valence-corrected chi connectivity index (χ4v) is 2.00. The number of hydrogen-bond donors (Lipinski definition) is 0. The molecule has 2 rings (SSSR count). The van der Waals surface area contributed by atoms with Crippen LogP contribution in [-0.4, -0.2) is 19.2 Å². The lowest BCUT2D eigenvalue weighted by Gasteiger charge is -2.13. The van der Waals surface area contributed by atoms with Gasteiger partial charge in [0.25, 0.3) is 0 Å². The maximum atomic E-state index is 5.92. The van der Waals surface area contributed by atoms with E-state index in [-0.39, 0.29) is 0 Å². The summed E-state index contributed by atoms with van der Waals surface area (Å²) in [6.45, 7) is 0.321. The van der Waals surface area contributed by atoms with Gasteiger partial charge in [0.15, 0.2) is 11.5 Å². The number of aromatic nitrogens is 1. The van der Waals surface area contributed by atoms with Crippen LogP contribution in [0.15, 0.2) is 36.4 Å². The summed E-state index contributed by atoms with van der Waals surface area (Å²) in [7, 11) is 3.18. The van der Waals surface area contributed by atoms with E-state index in [1.54, 1.807) is 20.3 Å². The number of para-hydroxylation sites is 1. The van der Waals surface area contributed by atoms with Crippen LogP contribution in [0.4, 0.5) is 0 Å². The lowest BCUT2D eigenvalue weighted by molar-refractivity contribution is 0.276. The third-order valence-electron chi connectivity index (χ3n) is 2.78. The first-order valence-electron chi connectivity index (χ1n) is 6.13. The predicted octanol–water partition coefficient (Wildman–Crippen LogP) is 3.42. The predicted molar refractivity (Wildman–Crippen MR) is 77.7 cm³/mol. The van der Waals surface area contributed by atoms with Crippen LogP contribution in [0, 0.1) is 0 Å². The Balaban J connectivity index is 2.17. The monoisotopic (exact) mass is 293 g/mol. The molecule has 0 saturated heterocycles. The molecule has 5 heteroatoms. The summed E-state index contributed by atoms with van der Waals surface area (Å²) in [5.74, 6) is 2.22. The first-order valence-corrected chi connectivity index (χ1v) is 6.66. The van der Waals surface area contributed by atoms with Crippen molar-refractivity contribution in [3.8, 4) is 17.4 Å². The number of benzene rings is 1. The highest BCUT2D eigenvalue weighted by molar-refractivity contribution is 6.17. The van der Waals surface area contributed by atoms with E-state index in [1.165, 1.54) is 0 Å². The summed E-state index contributed by atoms with van der Waals surface area (Å²) in [6, 6.07) is 11.2. The summed E-state index contributed by atoms with van der Waals surface area (Å²) < 4.78 is 16.2. The van der Waals surface area contributed by atoms with Crippen LogP contribution in [0.2, 0.25) is 0 Å². The van der Waals surface area contributed by atoms with Gasteiger partial charge in [-0.05, 0) is 12.1 Å². The second-order valence-corrected chi connectivity index (χ2v) is 4.31. The molecule has 0 bridgehead atoms. The van der Waals surface area contributed by atoms with E-state index in [0.29, 0.717) is 29.9 Å². The highest BCUT2D eigenvalue weighted by Gasteiger charge is 2.10. The Morgan fingerprint density at radius 1 is 1.05 bits per heavy atom. The van der Waals surface area contributed by atoms with Gasteiger partial charge >= 0.3 is 0 Å². The van der Waals surface area contributed by atoms with Gasteiger partial charge in [-0.1, -0.05) is 18.2 Å². The van der Waals surface area contributed by atoms with Crippen molar-refractivity contribution in [1.82, 2.24) is 4.98 Å². The van der Waals surface area contributed by atoms with Gasteiger partial charge < -0.3 is 14.2 Å². The van der Waals surface area contributed by atoms with Gasteiger partial charge in [-0.15, -0.1) is 11.6 Å². The summed E-state index contributed by atoms with van der Waals surface area (Å²) in [5, 5.41) is 0. The maximum absolute atomic E-state index is 5.92. The number of alkyl halides is 1. The number of ether oxygens (including phenoxy) is 3. The lowest BCUT2D eigenvalue weighted by Crippen LogP contribution is -2.02. The Labute approximate surface area is 123 Å². The minimum Gasteiger partial charge on any atom is -0.493 e. The van der Waals surface area contributed by atoms with E-state index < -0.39 is 0 Å². The third-order valence-corrected chi connectivity index (χ3v) is 3.07. The highest BCUT2D eigenvalue weighted by Crippen LogP contribution is 2.32. The Morgan fingerprint density at radius 3 is 2.55 bits per heavy atom. The Morgan fingerprint density at radius 2 is 1.85 bits per heavy atom. The minimum absolute atomic E-state index is 0.321. The summed E-state index contributed by atoms with van der Waals surface area (Å²) >= 11 is 5.92. The molecule has 0 amide bonds. The molecule has 106 valence electrons. The van der Waals surface area contributed by atoms with Crippen LogP contribution in [0.3, 0.4) is 0 Å². The van der Waals surface area contributed by atoms with Crippen LogP contribution < -0.4 is 14.2 Å². The van der Waals surface area contributed by atoms with Crippen LogP contribution in [0.25, 0.3) is 0 Å². The van der Waals surface area contributed by atoms with Crippen LogP contribution in [0.1, 0.15) is 11.3 Å². The van der Waals surface area contributed by atoms with Crippen molar-refractivity contribution in [3.63, 3.8) is 0 Å². The number of halogens is 1. The van der Waals surface area contributed by atoms with Gasteiger partial charge in [-0.3, -0.25) is 0 Å². The molecule has 0 radical (unpaired) electrons. The number of rotatable bonds is 6. The molecule has 1 aromatic carbocycles. The standard InChI is InChI=1S/C15H16ClNO3/c1-18-13-7-3-5-11(9-16)15(13)20-10-12-6-4-8-14(17-12)19-2/h3-8H,9-10H2,1-2H3. The van der Waals surface area contributed by atoms with Crippen molar-refractivity contribution < 1.29 is 14.2 Å². The Hall–Kier alpha value is -1.94. The SMILES string of the molecule is COc1cccc(COc2c(CCl)cccc2OC)n1. The molecule has 0 spiro atoms. The molecule has 0 unspecified atom stereocenters. The third kappa shape index (κ3) is 3.33. The van der Waals surface area contributed by atoms with E-state index in [9.17, 15) is 0 Å². The number of nitrogens with zero attached hydrogens (tertiary/aromatic N) is 1. The molecule has 0 atom stereocenters. The summed E-state index contributed by atoms with van der Waals surface area (Å²) in [6.07, 6.45) is 0. The number of pyridine rings is 1. The van der Waals surface area contributed by atoms with Crippen LogP contribution >= 0.6 is 11.6 Å². The average Bonchev–Trinajstić information content (AvgIpc) is 2.52. The van der Waals surface area contributed by atoms with E-state index >= 15 is 0 Å². The Bertz CT molecular complexity index is 553. The van der Waals surface area contributed by atoms with Gasteiger partial charge in [0, 0.05) is 11.6 Å². The largest absolute Gasteiger partial charge is 0.493 e. The molecule has 0 N–H and O–H groups in total. The van der Waals surface area contributed by atoms with Crippen molar-refractivity contribution in [2.45, 2.75) is 12.5 Å². The summed E-state index contributed by atoms with van der Waals surface area (Å²) in [4.78, 5) is 4.30. The molecule has 0 aliphatic heterocycles. The number of methoxy groups -OCH3 is 2. The van der Waals surface area contributed by atoms with E-state index in [4.69, 9.17) is 25.8 Å². The summed E-state index contributed by atoms with van der Waals surface area (Å²) in [5.41, 5.74) is 1.66. The van der Waals surface area contributed by atoms with Crippen molar-refractivity contribution in [2.24, 2.45) is 0 Å². The molecule has 0 aliphatic rings. The van der Waals surface area contributed by atoms with Crippen LogP contribution in [-0.2, 0) is 12.5 Å². The van der Waals surface area contributed by atoms with Crippen molar-refractivity contribution in [1.29, 1.82) is 0 Å². The number of hydrogen-bond acceptors (Lipinski definition) is 4. The van der Waals surface area contributed by atoms with Crippen molar-refractivity contribution in [2.75, 3.05) is 14.2 Å². The molecule has 4 nitrogen and oxygen atoms in total. The first-order chi connectivity index (χ1) is 9.78. The zero-order valence-electron chi connectivity index (χ0n) is 11.4. The molecule has 0 aliphatic carbocycles. The molecule has 20 heavy (non-hydrogen) atoms. The smallest absolute Gasteiger partial charge is 0.213 e. The fourth-order valence-electron chi connectivity index (χ4n) is 1.79. The quantitative estimate of drug-likeness (QED) is 0.765. The van der Waals surface area contributed by atoms with Gasteiger partial charge in [-0.25, -0.2) is 4.98 Å². The lowest BCUT2D eigenvalue weighted by atomic mass is 10.2. The Kier molecular flexibility index (Phi) is 5.07. The fraction of sp³-hybridized carbons (Fsp3) is 0.267. The molecular weight excluding hydrogens is 278 g/mol. The van der Waals surface area contributed by atoms with Crippen molar-refractivity contribution in [3.05, 3.63) is 47.7 Å². The topological polar surface area (TPSA) is 40.6 Å². The zero-order valence-corrected chi connectivity index (χ0v) is 12.2. The molecule has 0 saturated carbocycles. The molecule has 0 fully saturated rings. The van der Waals surface area contributed by atoms with E-state index in [0.717, 1.165) is 11.3 Å². The molecule has 1 aromatic heterocycles. The van der Waals surface area contributed by atoms with Gasteiger partial charge in [0.2, 0.25) is 5.88 Å². The van der Waals surface area contributed by atoms with E-state index in [1.807, 2.05) is 30.3 Å².